The lowest BCUT2D eigenvalue weighted by molar-refractivity contribution is 0.0963. The van der Waals surface area contributed by atoms with Crippen molar-refractivity contribution >= 4 is 17.5 Å². The van der Waals surface area contributed by atoms with Crippen LogP contribution in [0.1, 0.15) is 12.8 Å². The molecule has 1 atom stereocenters. The van der Waals surface area contributed by atoms with Crippen molar-refractivity contribution < 1.29 is 19.0 Å². The fourth-order valence-corrected chi connectivity index (χ4v) is 3.02. The maximum Gasteiger partial charge on any atom is 0.414 e. The van der Waals surface area contributed by atoms with E-state index in [0.717, 1.165) is 18.4 Å². The number of piperidine rings is 1. The van der Waals surface area contributed by atoms with Gasteiger partial charge in [-0.2, -0.15) is 5.26 Å². The molecule has 3 rings (SSSR count). The molecule has 0 saturated carbocycles. The van der Waals surface area contributed by atoms with Crippen molar-refractivity contribution in [1.29, 1.82) is 5.26 Å². The lowest BCUT2D eigenvalue weighted by Gasteiger charge is -2.30. The van der Waals surface area contributed by atoms with E-state index in [1.165, 1.54) is 11.0 Å². The van der Waals surface area contributed by atoms with Gasteiger partial charge >= 0.3 is 6.09 Å². The lowest BCUT2D eigenvalue weighted by Crippen LogP contribution is -2.31. The van der Waals surface area contributed by atoms with Crippen molar-refractivity contribution in [2.75, 3.05) is 36.0 Å². The standard InChI is InChI=1S/C17H18FN3O3/c18-15-9-13(21-10-14(11-22)24-17(21)23)1-2-16(15)20-7-4-12(3-6-19)5-8-20/h1-3,9,14,22H,4-5,7-8,10-11H2/t14-/m0/s1. The zero-order chi connectivity index (χ0) is 17.1. The second-order valence-electron chi connectivity index (χ2n) is 5.85. The Morgan fingerprint density at radius 1 is 1.42 bits per heavy atom. The van der Waals surface area contributed by atoms with E-state index in [1.807, 2.05) is 11.0 Å². The van der Waals surface area contributed by atoms with E-state index in [-0.39, 0.29) is 13.2 Å². The van der Waals surface area contributed by atoms with Crippen LogP contribution in [0.5, 0.6) is 0 Å². The summed E-state index contributed by atoms with van der Waals surface area (Å²) < 4.78 is 19.5. The molecule has 0 radical (unpaired) electrons. The molecule has 1 aromatic rings. The number of rotatable bonds is 3. The summed E-state index contributed by atoms with van der Waals surface area (Å²) in [7, 11) is 0. The number of amides is 1. The topological polar surface area (TPSA) is 76.8 Å². The molecule has 0 bridgehead atoms. The smallest absolute Gasteiger partial charge is 0.414 e. The zero-order valence-electron chi connectivity index (χ0n) is 13.1. The summed E-state index contributed by atoms with van der Waals surface area (Å²) in [5.41, 5.74) is 1.99. The minimum absolute atomic E-state index is 0.208. The van der Waals surface area contributed by atoms with E-state index in [9.17, 15) is 9.18 Å². The third-order valence-corrected chi connectivity index (χ3v) is 4.34. The Labute approximate surface area is 139 Å². The molecule has 1 N–H and O–H groups in total. The summed E-state index contributed by atoms with van der Waals surface area (Å²) in [5, 5.41) is 17.7. The van der Waals surface area contributed by atoms with Gasteiger partial charge in [0.15, 0.2) is 0 Å². The minimum Gasteiger partial charge on any atom is -0.441 e. The monoisotopic (exact) mass is 331 g/mol. The number of hydrogen-bond donors (Lipinski definition) is 1. The Morgan fingerprint density at radius 3 is 2.75 bits per heavy atom. The largest absolute Gasteiger partial charge is 0.441 e. The second kappa shape index (κ2) is 6.89. The first-order valence-corrected chi connectivity index (χ1v) is 7.83. The van der Waals surface area contributed by atoms with Crippen LogP contribution < -0.4 is 9.80 Å². The molecule has 2 aliphatic rings. The van der Waals surface area contributed by atoms with Gasteiger partial charge in [-0.3, -0.25) is 4.90 Å². The average molecular weight is 331 g/mol. The molecule has 2 aliphatic heterocycles. The van der Waals surface area contributed by atoms with Gasteiger partial charge in [-0.15, -0.1) is 0 Å². The van der Waals surface area contributed by atoms with Gasteiger partial charge in [-0.05, 0) is 31.0 Å². The molecule has 0 aliphatic carbocycles. The molecule has 1 amide bonds. The maximum absolute atomic E-state index is 14.5. The Kier molecular flexibility index (Phi) is 4.67. The van der Waals surface area contributed by atoms with Gasteiger partial charge in [0.1, 0.15) is 11.9 Å². The molecule has 2 heterocycles. The van der Waals surface area contributed by atoms with Crippen LogP contribution in [0.3, 0.4) is 0 Å². The molecule has 0 aromatic heterocycles. The molecule has 126 valence electrons. The minimum atomic E-state index is -0.578. The quantitative estimate of drug-likeness (QED) is 0.859. The van der Waals surface area contributed by atoms with E-state index in [1.54, 1.807) is 18.2 Å². The number of aliphatic hydroxyl groups is 1. The summed E-state index contributed by atoms with van der Waals surface area (Å²) >= 11 is 0. The number of hydrogen-bond acceptors (Lipinski definition) is 5. The molecular weight excluding hydrogens is 313 g/mol. The number of anilines is 2. The highest BCUT2D eigenvalue weighted by Gasteiger charge is 2.32. The Balaban J connectivity index is 1.73. The van der Waals surface area contributed by atoms with Crippen LogP contribution in [0, 0.1) is 17.1 Å². The molecule has 6 nitrogen and oxygen atoms in total. The van der Waals surface area contributed by atoms with Crippen LogP contribution in [-0.2, 0) is 4.74 Å². The first-order chi connectivity index (χ1) is 11.6. The van der Waals surface area contributed by atoms with Gasteiger partial charge in [-0.25, -0.2) is 9.18 Å². The molecule has 0 spiro atoms. The highest BCUT2D eigenvalue weighted by molar-refractivity contribution is 5.90. The van der Waals surface area contributed by atoms with Crippen molar-refractivity contribution in [3.05, 3.63) is 35.7 Å². The first-order valence-electron chi connectivity index (χ1n) is 7.83. The van der Waals surface area contributed by atoms with Crippen molar-refractivity contribution in [2.45, 2.75) is 18.9 Å². The Hall–Kier alpha value is -2.59. The van der Waals surface area contributed by atoms with Crippen molar-refractivity contribution in [3.8, 4) is 6.07 Å². The summed E-state index contributed by atoms with van der Waals surface area (Å²) in [4.78, 5) is 15.0. The Morgan fingerprint density at radius 2 is 2.17 bits per heavy atom. The zero-order valence-corrected chi connectivity index (χ0v) is 13.1. The fourth-order valence-electron chi connectivity index (χ4n) is 3.02. The highest BCUT2D eigenvalue weighted by Crippen LogP contribution is 2.30. The number of cyclic esters (lactones) is 1. The summed E-state index contributed by atoms with van der Waals surface area (Å²) in [6, 6.07) is 6.69. The van der Waals surface area contributed by atoms with Gasteiger partial charge in [0.25, 0.3) is 0 Å². The number of nitrogens with zero attached hydrogens (tertiary/aromatic N) is 3. The maximum atomic E-state index is 14.5. The van der Waals surface area contributed by atoms with Gasteiger partial charge in [0.2, 0.25) is 0 Å². The number of halogens is 1. The lowest BCUT2D eigenvalue weighted by atomic mass is 10.0. The van der Waals surface area contributed by atoms with Gasteiger partial charge < -0.3 is 14.7 Å². The predicted octanol–water partition coefficient (Wildman–Crippen LogP) is 2.19. The number of ether oxygens (including phenoxy) is 1. The van der Waals surface area contributed by atoms with E-state index < -0.39 is 18.0 Å². The molecule has 2 fully saturated rings. The van der Waals surface area contributed by atoms with Crippen LogP contribution in [-0.4, -0.2) is 43.5 Å². The van der Waals surface area contributed by atoms with Crippen molar-refractivity contribution in [3.63, 3.8) is 0 Å². The summed E-state index contributed by atoms with van der Waals surface area (Å²) in [6.45, 7) is 1.26. The van der Waals surface area contributed by atoms with Crippen LogP contribution in [0.25, 0.3) is 0 Å². The third-order valence-electron chi connectivity index (χ3n) is 4.34. The molecule has 24 heavy (non-hydrogen) atoms. The van der Waals surface area contributed by atoms with Crippen LogP contribution in [0.2, 0.25) is 0 Å². The Bertz CT molecular complexity index is 704. The fraction of sp³-hybridized carbons (Fsp3) is 0.412. The molecule has 0 unspecified atom stereocenters. The van der Waals surface area contributed by atoms with Crippen LogP contribution >= 0.6 is 0 Å². The number of benzene rings is 1. The number of carbonyl (C=O) groups excluding carboxylic acids is 1. The van der Waals surface area contributed by atoms with Crippen molar-refractivity contribution in [2.24, 2.45) is 0 Å². The number of allylic oxidation sites excluding steroid dienone is 1. The molecule has 1 aromatic carbocycles. The van der Waals surface area contributed by atoms with Crippen molar-refractivity contribution in [1.82, 2.24) is 0 Å². The molecule has 2 saturated heterocycles. The average Bonchev–Trinajstić information content (AvgIpc) is 2.97. The van der Waals surface area contributed by atoms with Crippen LogP contribution in [0.4, 0.5) is 20.6 Å². The second-order valence-corrected chi connectivity index (χ2v) is 5.85. The normalized spacial score (nSPS) is 20.8. The molecule has 7 heteroatoms. The van der Waals surface area contributed by atoms with Gasteiger partial charge in [-0.1, -0.05) is 5.57 Å². The predicted molar refractivity (Wildman–Crippen MR) is 86.2 cm³/mol. The van der Waals surface area contributed by atoms with Crippen LogP contribution in [0.15, 0.2) is 29.8 Å². The number of carbonyl (C=O) groups is 1. The van der Waals surface area contributed by atoms with E-state index in [0.29, 0.717) is 24.5 Å². The third kappa shape index (κ3) is 3.19. The number of nitriles is 1. The molecular formula is C17H18FN3O3. The van der Waals surface area contributed by atoms with E-state index >= 15 is 0 Å². The first kappa shape index (κ1) is 16.3. The van der Waals surface area contributed by atoms with E-state index in [4.69, 9.17) is 15.1 Å². The SMILES string of the molecule is N#CC=C1CCN(c2ccc(N3C[C@@H](CO)OC3=O)cc2F)CC1. The van der Waals surface area contributed by atoms with E-state index in [2.05, 4.69) is 0 Å². The number of aliphatic hydroxyl groups excluding tert-OH is 1. The van der Waals surface area contributed by atoms with Gasteiger partial charge in [0, 0.05) is 19.2 Å². The summed E-state index contributed by atoms with van der Waals surface area (Å²) in [6.07, 6.45) is 1.89. The highest BCUT2D eigenvalue weighted by atomic mass is 19.1. The van der Waals surface area contributed by atoms with Gasteiger partial charge in [0.05, 0.1) is 30.6 Å². The summed E-state index contributed by atoms with van der Waals surface area (Å²) in [5.74, 6) is -0.402.